The van der Waals surface area contributed by atoms with Crippen molar-refractivity contribution in [2.75, 3.05) is 19.8 Å². The smallest absolute Gasteiger partial charge is 0.187 e. The van der Waals surface area contributed by atoms with Crippen LogP contribution in [0.25, 0.3) is 0 Å². The molecule has 1 saturated carbocycles. The molecule has 31 heavy (non-hydrogen) atoms. The maximum atomic E-state index is 10.6. The number of hydrogen-bond donors (Lipinski definition) is 7. The van der Waals surface area contributed by atoms with E-state index in [1.807, 2.05) is 0 Å². The molecule has 0 spiro atoms. The molecule has 2 heterocycles. The third-order valence-electron chi connectivity index (χ3n) is 6.49. The van der Waals surface area contributed by atoms with Gasteiger partial charge in [-0.3, -0.25) is 0 Å². The zero-order valence-electron chi connectivity index (χ0n) is 17.5. The minimum atomic E-state index is -1.69. The van der Waals surface area contributed by atoms with Crippen LogP contribution in [0.4, 0.5) is 0 Å². The molecule has 0 bridgehead atoms. The fourth-order valence-electron chi connectivity index (χ4n) is 4.52. The quantitative estimate of drug-likeness (QED) is 0.209. The highest BCUT2D eigenvalue weighted by atomic mass is 16.7. The van der Waals surface area contributed by atoms with Crippen molar-refractivity contribution < 1.29 is 54.7 Å². The Labute approximate surface area is 181 Å². The molecule has 1 aliphatic carbocycles. The SMILES string of the molecule is OCC1O[C@H](O[C@@H]2C(CO)O[C@@H](OCCC3CCCCC3)C(O)C2O)C(O)C(O)[C@@H]1O. The molecule has 0 aromatic heterocycles. The van der Waals surface area contributed by atoms with Crippen LogP contribution in [0.3, 0.4) is 0 Å². The van der Waals surface area contributed by atoms with Gasteiger partial charge in [0.1, 0.15) is 48.8 Å². The number of rotatable bonds is 8. The van der Waals surface area contributed by atoms with Crippen LogP contribution < -0.4 is 0 Å². The van der Waals surface area contributed by atoms with E-state index >= 15 is 0 Å². The molecule has 11 heteroatoms. The van der Waals surface area contributed by atoms with E-state index < -0.39 is 74.6 Å². The van der Waals surface area contributed by atoms with Crippen LogP contribution in [-0.4, -0.2) is 117 Å². The fourth-order valence-corrected chi connectivity index (χ4v) is 4.52. The molecule has 7 N–H and O–H groups in total. The summed E-state index contributed by atoms with van der Waals surface area (Å²) in [6.45, 7) is -0.874. The van der Waals surface area contributed by atoms with Crippen LogP contribution in [-0.2, 0) is 18.9 Å². The van der Waals surface area contributed by atoms with Crippen molar-refractivity contribution in [3.63, 3.8) is 0 Å². The van der Waals surface area contributed by atoms with Crippen LogP contribution >= 0.6 is 0 Å². The summed E-state index contributed by atoms with van der Waals surface area (Å²) in [5.74, 6) is 0.565. The summed E-state index contributed by atoms with van der Waals surface area (Å²) in [5.41, 5.74) is 0. The minimum absolute atomic E-state index is 0.343. The predicted molar refractivity (Wildman–Crippen MR) is 104 cm³/mol. The lowest BCUT2D eigenvalue weighted by molar-refractivity contribution is -0.359. The van der Waals surface area contributed by atoms with Crippen LogP contribution in [0.1, 0.15) is 38.5 Å². The lowest BCUT2D eigenvalue weighted by Gasteiger charge is -2.46. The zero-order valence-corrected chi connectivity index (χ0v) is 17.5. The Morgan fingerprint density at radius 3 is 1.94 bits per heavy atom. The summed E-state index contributed by atoms with van der Waals surface area (Å²) in [7, 11) is 0. The second-order valence-corrected chi connectivity index (χ2v) is 8.67. The van der Waals surface area contributed by atoms with Gasteiger partial charge in [-0.1, -0.05) is 32.1 Å². The monoisotopic (exact) mass is 452 g/mol. The Hall–Kier alpha value is -0.440. The van der Waals surface area contributed by atoms with Crippen LogP contribution in [0.5, 0.6) is 0 Å². The molecule has 0 radical (unpaired) electrons. The Kier molecular flexibility index (Phi) is 9.44. The van der Waals surface area contributed by atoms with Gasteiger partial charge in [-0.25, -0.2) is 0 Å². The highest BCUT2D eigenvalue weighted by Crippen LogP contribution is 2.30. The van der Waals surface area contributed by atoms with E-state index in [4.69, 9.17) is 18.9 Å². The first-order valence-corrected chi connectivity index (χ1v) is 11.1. The van der Waals surface area contributed by atoms with Gasteiger partial charge in [0.2, 0.25) is 0 Å². The van der Waals surface area contributed by atoms with E-state index in [0.717, 1.165) is 19.3 Å². The summed E-state index contributed by atoms with van der Waals surface area (Å²) in [6, 6.07) is 0. The van der Waals surface area contributed by atoms with Crippen LogP contribution in [0.15, 0.2) is 0 Å². The summed E-state index contributed by atoms with van der Waals surface area (Å²) in [4.78, 5) is 0. The molecule has 3 rings (SSSR count). The van der Waals surface area contributed by atoms with Crippen molar-refractivity contribution in [1.82, 2.24) is 0 Å². The number of hydrogen-bond acceptors (Lipinski definition) is 11. The van der Waals surface area contributed by atoms with E-state index in [9.17, 15) is 35.7 Å². The molecule has 10 atom stereocenters. The second-order valence-electron chi connectivity index (χ2n) is 8.67. The van der Waals surface area contributed by atoms with Crippen molar-refractivity contribution in [2.45, 2.75) is 99.9 Å². The Bertz CT molecular complexity index is 527. The minimum Gasteiger partial charge on any atom is -0.394 e. The molecular weight excluding hydrogens is 416 g/mol. The average Bonchev–Trinajstić information content (AvgIpc) is 2.79. The Balaban J connectivity index is 1.57. The van der Waals surface area contributed by atoms with Crippen molar-refractivity contribution in [3.05, 3.63) is 0 Å². The maximum Gasteiger partial charge on any atom is 0.187 e. The zero-order chi connectivity index (χ0) is 22.5. The molecule has 0 aromatic carbocycles. The summed E-state index contributed by atoms with van der Waals surface area (Å²) >= 11 is 0. The number of ether oxygens (including phenoxy) is 4. The van der Waals surface area contributed by atoms with E-state index in [-0.39, 0.29) is 0 Å². The lowest BCUT2D eigenvalue weighted by atomic mass is 9.87. The molecule has 0 aromatic rings. The molecule has 3 aliphatic rings. The fraction of sp³-hybridized carbons (Fsp3) is 1.00. The Morgan fingerprint density at radius 1 is 0.677 bits per heavy atom. The highest BCUT2D eigenvalue weighted by molar-refractivity contribution is 4.94. The Morgan fingerprint density at radius 2 is 1.29 bits per heavy atom. The van der Waals surface area contributed by atoms with Gasteiger partial charge in [0.15, 0.2) is 12.6 Å². The van der Waals surface area contributed by atoms with Gasteiger partial charge in [0.05, 0.1) is 19.8 Å². The molecule has 0 amide bonds. The molecule has 11 nitrogen and oxygen atoms in total. The normalized spacial score (nSPS) is 45.0. The third-order valence-corrected chi connectivity index (χ3v) is 6.49. The molecular formula is C20H36O11. The molecule has 6 unspecified atom stereocenters. The van der Waals surface area contributed by atoms with Gasteiger partial charge in [-0.15, -0.1) is 0 Å². The first kappa shape index (κ1) is 25.2. The summed E-state index contributed by atoms with van der Waals surface area (Å²) in [5, 5.41) is 69.9. The first-order valence-electron chi connectivity index (χ1n) is 11.1. The third kappa shape index (κ3) is 5.92. The van der Waals surface area contributed by atoms with E-state index in [1.165, 1.54) is 19.3 Å². The number of aliphatic hydroxyl groups excluding tert-OH is 7. The first-order chi connectivity index (χ1) is 14.9. The highest BCUT2D eigenvalue weighted by Gasteiger charge is 2.50. The number of aliphatic hydroxyl groups is 7. The molecule has 2 saturated heterocycles. The summed E-state index contributed by atoms with van der Waals surface area (Å²) in [6.07, 6.45) is -7.49. The molecule has 182 valence electrons. The lowest BCUT2D eigenvalue weighted by Crippen LogP contribution is -2.64. The van der Waals surface area contributed by atoms with Gasteiger partial charge in [-0.2, -0.15) is 0 Å². The largest absolute Gasteiger partial charge is 0.394 e. The molecule has 2 aliphatic heterocycles. The van der Waals surface area contributed by atoms with Crippen LogP contribution in [0.2, 0.25) is 0 Å². The van der Waals surface area contributed by atoms with Crippen LogP contribution in [0, 0.1) is 5.92 Å². The van der Waals surface area contributed by atoms with Gasteiger partial charge in [0.25, 0.3) is 0 Å². The van der Waals surface area contributed by atoms with Crippen molar-refractivity contribution in [1.29, 1.82) is 0 Å². The van der Waals surface area contributed by atoms with Crippen molar-refractivity contribution in [3.8, 4) is 0 Å². The topological polar surface area (TPSA) is 179 Å². The predicted octanol–water partition coefficient (Wildman–Crippen LogP) is -2.40. The maximum absolute atomic E-state index is 10.6. The van der Waals surface area contributed by atoms with Crippen molar-refractivity contribution in [2.24, 2.45) is 5.92 Å². The van der Waals surface area contributed by atoms with E-state index in [0.29, 0.717) is 12.5 Å². The average molecular weight is 452 g/mol. The van der Waals surface area contributed by atoms with Crippen molar-refractivity contribution >= 4 is 0 Å². The van der Waals surface area contributed by atoms with Gasteiger partial charge in [0, 0.05) is 0 Å². The van der Waals surface area contributed by atoms with E-state index in [2.05, 4.69) is 0 Å². The van der Waals surface area contributed by atoms with E-state index in [1.54, 1.807) is 0 Å². The standard InChI is InChI=1S/C20H36O11/c21-8-11-13(23)14(24)16(26)20(29-11)31-18-12(9-22)30-19(17(27)15(18)25)28-7-6-10-4-2-1-3-5-10/h10-27H,1-9H2/t11?,12?,13-,14?,15?,16?,17?,18-,19-,20-/m1/s1. The van der Waals surface area contributed by atoms with Gasteiger partial charge in [-0.05, 0) is 12.3 Å². The summed E-state index contributed by atoms with van der Waals surface area (Å²) < 4.78 is 22.0. The van der Waals surface area contributed by atoms with Gasteiger partial charge < -0.3 is 54.7 Å². The molecule has 3 fully saturated rings. The second kappa shape index (κ2) is 11.6. The van der Waals surface area contributed by atoms with Gasteiger partial charge >= 0.3 is 0 Å².